The molecular formula is C28H32N6O3. The average molecular weight is 501 g/mol. The number of aromatic nitrogens is 2. The molecule has 37 heavy (non-hydrogen) atoms. The van der Waals surface area contributed by atoms with Crippen LogP contribution in [-0.4, -0.2) is 57.8 Å². The lowest BCUT2D eigenvalue weighted by atomic mass is 9.93. The maximum absolute atomic E-state index is 13.8. The zero-order chi connectivity index (χ0) is 26.2. The molecule has 2 aliphatic rings. The first-order chi connectivity index (χ1) is 17.8. The fourth-order valence-electron chi connectivity index (χ4n) is 4.87. The molecule has 2 heterocycles. The summed E-state index contributed by atoms with van der Waals surface area (Å²) in [6.45, 7) is 2.72. The molecule has 1 saturated carbocycles. The molecule has 1 fully saturated rings. The van der Waals surface area contributed by atoms with E-state index in [4.69, 9.17) is 0 Å². The Hall–Kier alpha value is -4.14. The second kappa shape index (κ2) is 9.72. The van der Waals surface area contributed by atoms with Gasteiger partial charge in [0.05, 0.1) is 12.9 Å². The Kier molecular flexibility index (Phi) is 6.45. The van der Waals surface area contributed by atoms with Gasteiger partial charge in [-0.1, -0.05) is 42.5 Å². The van der Waals surface area contributed by atoms with Crippen LogP contribution in [0.1, 0.15) is 51.9 Å². The van der Waals surface area contributed by atoms with Crippen molar-refractivity contribution < 1.29 is 14.4 Å². The molecule has 2 N–H and O–H groups in total. The Morgan fingerprint density at radius 1 is 1.00 bits per heavy atom. The number of amides is 3. The molecule has 0 bridgehead atoms. The standard InChI is InChI=1S/C28H32N6O3/c1-28(27(37)30-16-19-7-5-4-6-8-19)17-33-18-31-23(24(33)26(36)34(28)22-13-14-22)25(35)29-15-20-9-11-21(12-10-20)32(2)3/h4-12,18,22H,13-17H2,1-3H3,(H,29,35)(H,30,37)/t28-/m1/s1. The second-order valence-corrected chi connectivity index (χ2v) is 10.2. The van der Waals surface area contributed by atoms with Crippen LogP contribution in [-0.2, 0) is 24.4 Å². The molecule has 5 rings (SSSR count). The molecule has 0 unspecified atom stereocenters. The number of nitrogens with zero attached hydrogens (tertiary/aromatic N) is 4. The van der Waals surface area contributed by atoms with Gasteiger partial charge in [0.15, 0.2) is 5.69 Å². The van der Waals surface area contributed by atoms with Crippen LogP contribution >= 0.6 is 0 Å². The minimum atomic E-state index is -1.08. The van der Waals surface area contributed by atoms with Crippen molar-refractivity contribution >= 4 is 23.4 Å². The normalized spacial score (nSPS) is 18.8. The van der Waals surface area contributed by atoms with Crippen LogP contribution < -0.4 is 15.5 Å². The third kappa shape index (κ3) is 4.81. The highest BCUT2D eigenvalue weighted by Gasteiger charge is 2.53. The Morgan fingerprint density at radius 2 is 1.65 bits per heavy atom. The van der Waals surface area contributed by atoms with E-state index >= 15 is 0 Å². The first-order valence-electron chi connectivity index (χ1n) is 12.5. The Labute approximate surface area is 216 Å². The first-order valence-corrected chi connectivity index (χ1v) is 12.5. The van der Waals surface area contributed by atoms with Crippen molar-refractivity contribution in [3.8, 4) is 0 Å². The van der Waals surface area contributed by atoms with Crippen molar-refractivity contribution in [2.45, 2.75) is 51.0 Å². The van der Waals surface area contributed by atoms with Crippen LogP contribution in [0.4, 0.5) is 5.69 Å². The number of imidazole rings is 1. The van der Waals surface area contributed by atoms with Crippen molar-refractivity contribution in [1.82, 2.24) is 25.1 Å². The van der Waals surface area contributed by atoms with Gasteiger partial charge in [0.1, 0.15) is 11.2 Å². The molecule has 3 amide bonds. The highest BCUT2D eigenvalue weighted by molar-refractivity contribution is 6.07. The number of hydrogen-bond donors (Lipinski definition) is 2. The van der Waals surface area contributed by atoms with Crippen molar-refractivity contribution in [3.63, 3.8) is 0 Å². The predicted octanol–water partition coefficient (Wildman–Crippen LogP) is 2.57. The summed E-state index contributed by atoms with van der Waals surface area (Å²) in [5, 5.41) is 5.89. The smallest absolute Gasteiger partial charge is 0.274 e. The van der Waals surface area contributed by atoms with Crippen LogP contribution in [0.15, 0.2) is 60.9 Å². The van der Waals surface area contributed by atoms with E-state index in [0.717, 1.165) is 29.7 Å². The monoisotopic (exact) mass is 500 g/mol. The number of rotatable bonds is 8. The van der Waals surface area contributed by atoms with E-state index in [2.05, 4.69) is 15.6 Å². The molecule has 0 radical (unpaired) electrons. The molecule has 1 aliphatic heterocycles. The van der Waals surface area contributed by atoms with Crippen LogP contribution in [0.3, 0.4) is 0 Å². The first kappa shape index (κ1) is 24.5. The van der Waals surface area contributed by atoms with Gasteiger partial charge in [-0.05, 0) is 43.0 Å². The lowest BCUT2D eigenvalue weighted by molar-refractivity contribution is -0.133. The third-order valence-corrected chi connectivity index (χ3v) is 7.09. The summed E-state index contributed by atoms with van der Waals surface area (Å²) in [5.41, 5.74) is 2.24. The molecule has 9 nitrogen and oxygen atoms in total. The topological polar surface area (TPSA) is 99.6 Å². The van der Waals surface area contributed by atoms with Gasteiger partial charge in [0, 0.05) is 38.9 Å². The Morgan fingerprint density at radius 3 is 2.30 bits per heavy atom. The fraction of sp³-hybridized carbons (Fsp3) is 0.357. The molecule has 9 heteroatoms. The van der Waals surface area contributed by atoms with E-state index in [-0.39, 0.29) is 35.8 Å². The van der Waals surface area contributed by atoms with Gasteiger partial charge in [-0.2, -0.15) is 0 Å². The minimum absolute atomic E-state index is 0.0188. The Bertz CT molecular complexity index is 1310. The average Bonchev–Trinajstić information content (AvgIpc) is 3.64. The molecule has 2 aromatic carbocycles. The number of nitrogens with one attached hydrogen (secondary N) is 2. The quantitative estimate of drug-likeness (QED) is 0.495. The SMILES string of the molecule is CN(C)c1ccc(CNC(=O)c2ncn3c2C(=O)N(C2CC2)[C@@](C)(C(=O)NCc2ccccc2)C3)cc1. The molecule has 192 valence electrons. The third-order valence-electron chi connectivity index (χ3n) is 7.09. The zero-order valence-electron chi connectivity index (χ0n) is 21.4. The maximum atomic E-state index is 13.8. The summed E-state index contributed by atoms with van der Waals surface area (Å²) < 4.78 is 1.64. The molecule has 1 atom stereocenters. The molecule has 0 saturated heterocycles. The van der Waals surface area contributed by atoms with Gasteiger partial charge in [0.25, 0.3) is 11.8 Å². The largest absolute Gasteiger partial charge is 0.378 e. The molecule has 0 spiro atoms. The van der Waals surface area contributed by atoms with Crippen molar-refractivity contribution in [3.05, 3.63) is 83.4 Å². The zero-order valence-corrected chi connectivity index (χ0v) is 21.4. The Balaban J connectivity index is 1.33. The van der Waals surface area contributed by atoms with E-state index in [9.17, 15) is 14.4 Å². The number of carbonyl (C=O) groups excluding carboxylic acids is 3. The lowest BCUT2D eigenvalue weighted by Gasteiger charge is -2.44. The summed E-state index contributed by atoms with van der Waals surface area (Å²) in [6.07, 6.45) is 3.17. The van der Waals surface area contributed by atoms with Crippen LogP contribution in [0.2, 0.25) is 0 Å². The summed E-state index contributed by atoms with van der Waals surface area (Å²) in [4.78, 5) is 48.2. The van der Waals surface area contributed by atoms with Crippen LogP contribution in [0.5, 0.6) is 0 Å². The highest BCUT2D eigenvalue weighted by atomic mass is 16.2. The molecule has 1 aliphatic carbocycles. The van der Waals surface area contributed by atoms with Gasteiger partial charge in [-0.15, -0.1) is 0 Å². The number of anilines is 1. The van der Waals surface area contributed by atoms with E-state index in [1.54, 1.807) is 16.4 Å². The van der Waals surface area contributed by atoms with E-state index < -0.39 is 11.4 Å². The lowest BCUT2D eigenvalue weighted by Crippen LogP contribution is -2.64. The molecular weight excluding hydrogens is 468 g/mol. The fourth-order valence-corrected chi connectivity index (χ4v) is 4.87. The van der Waals surface area contributed by atoms with Crippen molar-refractivity contribution in [2.75, 3.05) is 19.0 Å². The summed E-state index contributed by atoms with van der Waals surface area (Å²) in [5.74, 6) is -0.959. The maximum Gasteiger partial charge on any atom is 0.274 e. The molecule has 3 aromatic rings. The van der Waals surface area contributed by atoms with Crippen molar-refractivity contribution in [1.29, 1.82) is 0 Å². The molecule has 1 aromatic heterocycles. The van der Waals surface area contributed by atoms with Crippen LogP contribution in [0, 0.1) is 0 Å². The highest BCUT2D eigenvalue weighted by Crippen LogP contribution is 2.38. The van der Waals surface area contributed by atoms with Gasteiger partial charge in [-0.25, -0.2) is 4.98 Å². The van der Waals surface area contributed by atoms with Crippen molar-refractivity contribution in [2.24, 2.45) is 0 Å². The predicted molar refractivity (Wildman–Crippen MR) is 140 cm³/mol. The van der Waals surface area contributed by atoms with Gasteiger partial charge >= 0.3 is 0 Å². The van der Waals surface area contributed by atoms with E-state index in [1.165, 1.54) is 6.33 Å². The summed E-state index contributed by atoms with van der Waals surface area (Å²) >= 11 is 0. The summed E-state index contributed by atoms with van der Waals surface area (Å²) in [6, 6.07) is 17.5. The van der Waals surface area contributed by atoms with Gasteiger partial charge < -0.3 is 25.0 Å². The van der Waals surface area contributed by atoms with Crippen LogP contribution in [0.25, 0.3) is 0 Å². The number of carbonyl (C=O) groups is 3. The van der Waals surface area contributed by atoms with E-state index in [0.29, 0.717) is 13.1 Å². The summed E-state index contributed by atoms with van der Waals surface area (Å²) in [7, 11) is 3.94. The van der Waals surface area contributed by atoms with E-state index in [1.807, 2.05) is 73.6 Å². The number of hydrogen-bond acceptors (Lipinski definition) is 5. The number of benzene rings is 2. The minimum Gasteiger partial charge on any atom is -0.378 e. The van der Waals surface area contributed by atoms with Gasteiger partial charge in [0.2, 0.25) is 5.91 Å². The second-order valence-electron chi connectivity index (χ2n) is 10.2. The number of fused-ring (bicyclic) bond motifs is 1. The van der Waals surface area contributed by atoms with Gasteiger partial charge in [-0.3, -0.25) is 14.4 Å².